The topological polar surface area (TPSA) is 133 Å². The van der Waals surface area contributed by atoms with Gasteiger partial charge < -0.3 is 18.8 Å². The molecule has 0 aliphatic carbocycles. The number of carbonyl (C=O) groups is 2. The molecule has 1 aromatic carbocycles. The lowest BCUT2D eigenvalue weighted by Crippen LogP contribution is -2.35. The molecule has 11 nitrogen and oxygen atoms in total. The predicted molar refractivity (Wildman–Crippen MR) is 139 cm³/mol. The van der Waals surface area contributed by atoms with Gasteiger partial charge in [0.15, 0.2) is 5.11 Å². The van der Waals surface area contributed by atoms with Gasteiger partial charge in [-0.05, 0) is 55.5 Å². The van der Waals surface area contributed by atoms with E-state index in [4.69, 9.17) is 31.4 Å². The molecule has 2 aromatic rings. The van der Waals surface area contributed by atoms with Crippen LogP contribution in [-0.4, -0.2) is 67.7 Å². The van der Waals surface area contributed by atoms with Crippen molar-refractivity contribution < 1.29 is 31.9 Å². The van der Waals surface area contributed by atoms with Crippen LogP contribution in [0.4, 0.5) is 5.69 Å². The van der Waals surface area contributed by atoms with Gasteiger partial charge in [0, 0.05) is 19.0 Å². The summed E-state index contributed by atoms with van der Waals surface area (Å²) in [6, 6.07) is 11.8. The van der Waals surface area contributed by atoms with Crippen molar-refractivity contribution in [1.82, 2.24) is 9.21 Å². The van der Waals surface area contributed by atoms with E-state index in [0.717, 1.165) is 10.6 Å². The highest BCUT2D eigenvalue weighted by atomic mass is 32.2. The number of rotatable bonds is 11. The SMILES string of the molecule is CCOc1ccc(N2C(=O)/C(=C/c3ccc(CN(CCC#N)S(C)(=O)=O)o3)N(CC(=O)OC)C2=S)cc1. The number of thiocarbonyl (C=S) groups is 1. The van der Waals surface area contributed by atoms with Crippen LogP contribution in [0.5, 0.6) is 5.75 Å². The number of hydrogen-bond donors (Lipinski definition) is 0. The first kappa shape index (κ1) is 27.9. The van der Waals surface area contributed by atoms with Gasteiger partial charge in [-0.15, -0.1) is 0 Å². The molecule has 1 aliphatic heterocycles. The van der Waals surface area contributed by atoms with E-state index in [2.05, 4.69) is 0 Å². The molecule has 1 aromatic heterocycles. The van der Waals surface area contributed by atoms with Gasteiger partial charge in [0.25, 0.3) is 5.91 Å². The maximum atomic E-state index is 13.4. The molecular weight excluding hydrogens is 520 g/mol. The molecule has 0 radical (unpaired) electrons. The summed E-state index contributed by atoms with van der Waals surface area (Å²) in [5, 5.41) is 8.89. The molecule has 196 valence electrons. The van der Waals surface area contributed by atoms with Crippen LogP contribution in [0.3, 0.4) is 0 Å². The number of nitrogens with zero attached hydrogens (tertiary/aromatic N) is 4. The highest BCUT2D eigenvalue weighted by Gasteiger charge is 2.40. The summed E-state index contributed by atoms with van der Waals surface area (Å²) in [7, 11) is -2.34. The summed E-state index contributed by atoms with van der Waals surface area (Å²) in [5.41, 5.74) is 0.563. The molecule has 2 heterocycles. The second-order valence-electron chi connectivity index (χ2n) is 7.85. The van der Waals surface area contributed by atoms with Gasteiger partial charge in [-0.1, -0.05) is 0 Å². The number of furan rings is 1. The first-order valence-corrected chi connectivity index (χ1v) is 13.4. The number of esters is 1. The van der Waals surface area contributed by atoms with E-state index in [1.807, 2.05) is 13.0 Å². The fourth-order valence-corrected chi connectivity index (χ4v) is 4.65. The van der Waals surface area contributed by atoms with Crippen molar-refractivity contribution in [1.29, 1.82) is 5.26 Å². The molecule has 0 saturated carbocycles. The molecule has 0 atom stereocenters. The highest BCUT2D eigenvalue weighted by Crippen LogP contribution is 2.30. The largest absolute Gasteiger partial charge is 0.494 e. The van der Waals surface area contributed by atoms with Crippen LogP contribution in [-0.2, 0) is 30.9 Å². The molecule has 1 amide bonds. The lowest BCUT2D eigenvalue weighted by Gasteiger charge is -2.19. The van der Waals surface area contributed by atoms with Crippen molar-refractivity contribution >= 4 is 51.0 Å². The van der Waals surface area contributed by atoms with Crippen LogP contribution in [0.2, 0.25) is 0 Å². The Morgan fingerprint density at radius 2 is 1.95 bits per heavy atom. The van der Waals surface area contributed by atoms with E-state index in [0.29, 0.717) is 23.8 Å². The minimum absolute atomic E-state index is 0.0170. The van der Waals surface area contributed by atoms with Crippen LogP contribution in [0, 0.1) is 11.3 Å². The fraction of sp³-hybridized carbons (Fsp3) is 0.333. The highest BCUT2D eigenvalue weighted by molar-refractivity contribution is 7.88. The normalized spacial score (nSPS) is 14.9. The summed E-state index contributed by atoms with van der Waals surface area (Å²) >= 11 is 5.53. The number of nitriles is 1. The third kappa shape index (κ3) is 6.73. The molecule has 3 rings (SSSR count). The van der Waals surface area contributed by atoms with E-state index < -0.39 is 21.9 Å². The lowest BCUT2D eigenvalue weighted by molar-refractivity contribution is -0.140. The first-order chi connectivity index (χ1) is 17.6. The molecule has 1 fully saturated rings. The first-order valence-electron chi connectivity index (χ1n) is 11.2. The molecule has 37 heavy (non-hydrogen) atoms. The Hall–Kier alpha value is -3.73. The van der Waals surface area contributed by atoms with Gasteiger partial charge in [-0.3, -0.25) is 14.5 Å². The van der Waals surface area contributed by atoms with Crippen molar-refractivity contribution in [3.63, 3.8) is 0 Å². The molecule has 0 unspecified atom stereocenters. The Kier molecular flexibility index (Phi) is 9.04. The number of amides is 1. The Bertz CT molecular complexity index is 1340. The number of sulfonamides is 1. The van der Waals surface area contributed by atoms with E-state index in [-0.39, 0.29) is 42.6 Å². The van der Waals surface area contributed by atoms with Gasteiger partial charge in [0.1, 0.15) is 29.5 Å². The molecule has 0 N–H and O–H groups in total. The number of methoxy groups -OCH3 is 1. The quantitative estimate of drug-likeness (QED) is 0.235. The Morgan fingerprint density at radius 3 is 2.54 bits per heavy atom. The average molecular weight is 547 g/mol. The van der Waals surface area contributed by atoms with Crippen LogP contribution >= 0.6 is 12.2 Å². The summed E-state index contributed by atoms with van der Waals surface area (Å²) in [6.45, 7) is 1.99. The predicted octanol–water partition coefficient (Wildman–Crippen LogP) is 2.50. The number of hydrogen-bond acceptors (Lipinski definition) is 9. The van der Waals surface area contributed by atoms with E-state index in [9.17, 15) is 18.0 Å². The van der Waals surface area contributed by atoms with Gasteiger partial charge in [-0.2, -0.15) is 9.57 Å². The lowest BCUT2D eigenvalue weighted by atomic mass is 10.2. The zero-order chi connectivity index (χ0) is 27.2. The number of carbonyl (C=O) groups excluding carboxylic acids is 2. The van der Waals surface area contributed by atoms with Crippen molar-refractivity contribution in [3.05, 3.63) is 53.6 Å². The van der Waals surface area contributed by atoms with Gasteiger partial charge >= 0.3 is 5.97 Å². The zero-order valence-electron chi connectivity index (χ0n) is 20.5. The molecule has 0 spiro atoms. The maximum Gasteiger partial charge on any atom is 0.325 e. The van der Waals surface area contributed by atoms with Crippen LogP contribution in [0.1, 0.15) is 24.9 Å². The van der Waals surface area contributed by atoms with Gasteiger partial charge in [0.05, 0.1) is 38.3 Å². The standard InChI is InChI=1S/C24H26N4O7S2/c1-4-34-18-8-6-17(7-9-18)28-23(30)21(27(24(28)36)16-22(29)33-2)14-19-10-11-20(35-19)15-26(13-5-12-25)37(3,31)32/h6-11,14H,4-5,13,15-16H2,1-3H3/b21-14-. The zero-order valence-corrected chi connectivity index (χ0v) is 22.2. The molecule has 1 saturated heterocycles. The Morgan fingerprint density at radius 1 is 1.24 bits per heavy atom. The number of anilines is 1. The van der Waals surface area contributed by atoms with Gasteiger partial charge in [-0.25, -0.2) is 8.42 Å². The minimum atomic E-state index is -3.57. The fourth-order valence-electron chi connectivity index (χ4n) is 3.51. The molecular formula is C24H26N4O7S2. The van der Waals surface area contributed by atoms with Crippen LogP contribution < -0.4 is 9.64 Å². The molecule has 13 heteroatoms. The Labute approximate surface area is 220 Å². The monoisotopic (exact) mass is 546 g/mol. The van der Waals surface area contributed by atoms with Crippen molar-refractivity contribution in [2.75, 3.05) is 38.0 Å². The smallest absolute Gasteiger partial charge is 0.325 e. The van der Waals surface area contributed by atoms with E-state index in [1.54, 1.807) is 36.4 Å². The van der Waals surface area contributed by atoms with Crippen molar-refractivity contribution in [3.8, 4) is 11.8 Å². The van der Waals surface area contributed by atoms with E-state index >= 15 is 0 Å². The second-order valence-corrected chi connectivity index (χ2v) is 10.2. The summed E-state index contributed by atoms with van der Waals surface area (Å²) < 4.78 is 41.2. The summed E-state index contributed by atoms with van der Waals surface area (Å²) in [4.78, 5) is 28.1. The second kappa shape index (κ2) is 12.0. The third-order valence-electron chi connectivity index (χ3n) is 5.29. The Balaban J connectivity index is 1.92. The minimum Gasteiger partial charge on any atom is -0.494 e. The summed E-state index contributed by atoms with van der Waals surface area (Å²) in [5.74, 6) is 0.107. The average Bonchev–Trinajstić information content (AvgIpc) is 3.39. The van der Waals surface area contributed by atoms with Crippen LogP contribution in [0.15, 0.2) is 46.5 Å². The third-order valence-corrected chi connectivity index (χ3v) is 6.94. The molecule has 1 aliphatic rings. The summed E-state index contributed by atoms with van der Waals surface area (Å²) in [6.07, 6.45) is 2.50. The van der Waals surface area contributed by atoms with E-state index in [1.165, 1.54) is 23.0 Å². The maximum absolute atomic E-state index is 13.4. The van der Waals surface area contributed by atoms with Gasteiger partial charge in [0.2, 0.25) is 10.0 Å². The number of ether oxygens (including phenoxy) is 2. The number of benzene rings is 1. The van der Waals surface area contributed by atoms with Crippen LogP contribution in [0.25, 0.3) is 6.08 Å². The molecule has 0 bridgehead atoms. The van der Waals surface area contributed by atoms with Crippen molar-refractivity contribution in [2.24, 2.45) is 0 Å². The van der Waals surface area contributed by atoms with Crippen molar-refractivity contribution in [2.45, 2.75) is 19.9 Å².